The smallest absolute Gasteiger partial charge is 0.200 e. The highest BCUT2D eigenvalue weighted by Gasteiger charge is 2.18. The zero-order valence-corrected chi connectivity index (χ0v) is 10.2. The maximum Gasteiger partial charge on any atom is 0.200 e. The molecule has 7 heteroatoms. The number of halogens is 1. The second-order valence-corrected chi connectivity index (χ2v) is 5.17. The lowest BCUT2D eigenvalue weighted by Crippen LogP contribution is -2.34. The molecule has 0 bridgehead atoms. The summed E-state index contributed by atoms with van der Waals surface area (Å²) >= 11 is 3.64. The molecule has 2 aromatic rings. The molecule has 16 heavy (non-hydrogen) atoms. The third kappa shape index (κ3) is 1.75. The molecular weight excluding hydrogens is 272 g/mol. The summed E-state index contributed by atoms with van der Waals surface area (Å²) in [7, 11) is 0. The summed E-state index contributed by atoms with van der Waals surface area (Å²) in [6, 6.07) is 3.86. The van der Waals surface area contributed by atoms with Crippen molar-refractivity contribution in [2.75, 3.05) is 18.0 Å². The van der Waals surface area contributed by atoms with Gasteiger partial charge in [0.1, 0.15) is 0 Å². The molecule has 0 radical (unpaired) electrons. The van der Waals surface area contributed by atoms with Crippen molar-refractivity contribution >= 4 is 27.4 Å². The Bertz CT molecular complexity index is 489. The first-order valence-corrected chi connectivity index (χ1v) is 6.19. The van der Waals surface area contributed by atoms with Gasteiger partial charge in [0.2, 0.25) is 0 Å². The standard InChI is InChI=1S/C9H11BrN6/c10-7-3-5-15(6-4-7)9-2-1-8-11-13-14-16(8)12-9/h1-2,7H,3-6H2. The Morgan fingerprint density at radius 3 is 2.88 bits per heavy atom. The summed E-state index contributed by atoms with van der Waals surface area (Å²) in [6.07, 6.45) is 2.30. The van der Waals surface area contributed by atoms with Crippen LogP contribution in [0.25, 0.3) is 5.65 Å². The van der Waals surface area contributed by atoms with Crippen LogP contribution in [0.4, 0.5) is 5.82 Å². The van der Waals surface area contributed by atoms with Crippen molar-refractivity contribution in [3.8, 4) is 0 Å². The van der Waals surface area contributed by atoms with Gasteiger partial charge in [0, 0.05) is 17.9 Å². The Morgan fingerprint density at radius 1 is 1.25 bits per heavy atom. The van der Waals surface area contributed by atoms with Crippen LogP contribution in [0.15, 0.2) is 12.1 Å². The van der Waals surface area contributed by atoms with E-state index in [1.807, 2.05) is 12.1 Å². The van der Waals surface area contributed by atoms with Gasteiger partial charge < -0.3 is 4.90 Å². The Labute approximate surface area is 101 Å². The van der Waals surface area contributed by atoms with E-state index in [1.54, 1.807) is 0 Å². The Kier molecular flexibility index (Phi) is 2.47. The van der Waals surface area contributed by atoms with E-state index in [9.17, 15) is 0 Å². The van der Waals surface area contributed by atoms with Gasteiger partial charge in [-0.05, 0) is 35.4 Å². The second-order valence-electron chi connectivity index (χ2n) is 3.88. The van der Waals surface area contributed by atoms with Crippen molar-refractivity contribution < 1.29 is 0 Å². The molecule has 1 aliphatic rings. The number of tetrazole rings is 1. The molecule has 0 atom stereocenters. The minimum absolute atomic E-state index is 0.639. The van der Waals surface area contributed by atoms with Crippen LogP contribution in [0.1, 0.15) is 12.8 Å². The van der Waals surface area contributed by atoms with Gasteiger partial charge in [0.05, 0.1) is 0 Å². The lowest BCUT2D eigenvalue weighted by atomic mass is 10.1. The molecule has 2 aromatic heterocycles. The van der Waals surface area contributed by atoms with E-state index >= 15 is 0 Å². The minimum Gasteiger partial charge on any atom is -0.355 e. The highest BCUT2D eigenvalue weighted by atomic mass is 79.9. The highest BCUT2D eigenvalue weighted by Crippen LogP contribution is 2.21. The second kappa shape index (κ2) is 3.97. The van der Waals surface area contributed by atoms with Crippen molar-refractivity contribution in [1.29, 1.82) is 0 Å². The molecule has 1 fully saturated rings. The predicted octanol–water partition coefficient (Wildman–Crippen LogP) is 0.883. The van der Waals surface area contributed by atoms with Gasteiger partial charge in [-0.1, -0.05) is 15.9 Å². The number of alkyl halides is 1. The number of piperidine rings is 1. The average molecular weight is 283 g/mol. The van der Waals surface area contributed by atoms with Crippen LogP contribution in [-0.4, -0.2) is 43.2 Å². The Hall–Kier alpha value is -1.24. The molecule has 84 valence electrons. The number of rotatable bonds is 1. The van der Waals surface area contributed by atoms with Crippen LogP contribution in [0.2, 0.25) is 0 Å². The van der Waals surface area contributed by atoms with Gasteiger partial charge in [0.15, 0.2) is 11.5 Å². The molecule has 0 spiro atoms. The molecule has 3 rings (SSSR count). The third-order valence-corrected chi connectivity index (χ3v) is 3.72. The third-order valence-electron chi connectivity index (χ3n) is 2.80. The summed E-state index contributed by atoms with van der Waals surface area (Å²) in [6.45, 7) is 2.05. The molecule has 0 aromatic carbocycles. The SMILES string of the molecule is BrC1CCN(c2ccc3nnnn3n2)CC1. The summed E-state index contributed by atoms with van der Waals surface area (Å²) in [5.41, 5.74) is 0.680. The van der Waals surface area contributed by atoms with E-state index in [1.165, 1.54) is 4.63 Å². The molecule has 6 nitrogen and oxygen atoms in total. The van der Waals surface area contributed by atoms with Crippen LogP contribution in [0, 0.1) is 0 Å². The van der Waals surface area contributed by atoms with E-state index in [2.05, 4.69) is 41.5 Å². The fraction of sp³-hybridized carbons (Fsp3) is 0.556. The van der Waals surface area contributed by atoms with E-state index in [0.717, 1.165) is 31.7 Å². The van der Waals surface area contributed by atoms with Crippen molar-refractivity contribution in [3.63, 3.8) is 0 Å². The van der Waals surface area contributed by atoms with Gasteiger partial charge in [-0.2, -0.15) is 0 Å². The predicted molar refractivity (Wildman–Crippen MR) is 62.7 cm³/mol. The van der Waals surface area contributed by atoms with Gasteiger partial charge in [-0.25, -0.2) is 0 Å². The zero-order valence-electron chi connectivity index (χ0n) is 8.62. The number of anilines is 1. The molecule has 0 N–H and O–H groups in total. The van der Waals surface area contributed by atoms with E-state index in [0.29, 0.717) is 10.5 Å². The van der Waals surface area contributed by atoms with Gasteiger partial charge in [0.25, 0.3) is 0 Å². The summed E-state index contributed by atoms with van der Waals surface area (Å²) in [4.78, 5) is 2.90. The first-order valence-electron chi connectivity index (χ1n) is 5.27. The van der Waals surface area contributed by atoms with Crippen LogP contribution >= 0.6 is 15.9 Å². The van der Waals surface area contributed by atoms with Gasteiger partial charge in [-0.15, -0.1) is 14.8 Å². The van der Waals surface area contributed by atoms with Crippen LogP contribution in [-0.2, 0) is 0 Å². The van der Waals surface area contributed by atoms with Gasteiger partial charge in [-0.3, -0.25) is 0 Å². The summed E-state index contributed by atoms with van der Waals surface area (Å²) in [5.74, 6) is 0.944. The van der Waals surface area contributed by atoms with Crippen molar-refractivity contribution in [1.82, 2.24) is 25.3 Å². The van der Waals surface area contributed by atoms with Crippen LogP contribution < -0.4 is 4.90 Å². The first-order chi connectivity index (χ1) is 7.83. The molecule has 0 amide bonds. The molecule has 1 saturated heterocycles. The number of nitrogens with zero attached hydrogens (tertiary/aromatic N) is 6. The number of hydrogen-bond donors (Lipinski definition) is 0. The first kappa shape index (κ1) is 9.95. The Morgan fingerprint density at radius 2 is 2.06 bits per heavy atom. The number of fused-ring (bicyclic) bond motifs is 1. The largest absolute Gasteiger partial charge is 0.355 e. The molecule has 0 unspecified atom stereocenters. The number of aromatic nitrogens is 5. The molecule has 1 aliphatic heterocycles. The summed E-state index contributed by atoms with van der Waals surface area (Å²) in [5, 5.41) is 15.6. The maximum absolute atomic E-state index is 4.38. The lowest BCUT2D eigenvalue weighted by Gasteiger charge is -2.29. The topological polar surface area (TPSA) is 59.2 Å². The Balaban J connectivity index is 1.87. The molecular formula is C9H11BrN6. The fourth-order valence-corrected chi connectivity index (χ4v) is 2.30. The average Bonchev–Trinajstić information content (AvgIpc) is 2.77. The number of hydrogen-bond acceptors (Lipinski definition) is 5. The summed E-state index contributed by atoms with van der Waals surface area (Å²) < 4.78 is 1.47. The molecule has 3 heterocycles. The van der Waals surface area contributed by atoms with E-state index < -0.39 is 0 Å². The minimum atomic E-state index is 0.639. The van der Waals surface area contributed by atoms with Gasteiger partial charge >= 0.3 is 0 Å². The maximum atomic E-state index is 4.38. The van der Waals surface area contributed by atoms with E-state index in [4.69, 9.17) is 0 Å². The van der Waals surface area contributed by atoms with E-state index in [-0.39, 0.29) is 0 Å². The van der Waals surface area contributed by atoms with Crippen molar-refractivity contribution in [3.05, 3.63) is 12.1 Å². The quantitative estimate of drug-likeness (QED) is 0.727. The van der Waals surface area contributed by atoms with Crippen molar-refractivity contribution in [2.24, 2.45) is 0 Å². The van der Waals surface area contributed by atoms with Crippen LogP contribution in [0.3, 0.4) is 0 Å². The normalized spacial score (nSPS) is 18.2. The highest BCUT2D eigenvalue weighted by molar-refractivity contribution is 9.09. The van der Waals surface area contributed by atoms with Crippen LogP contribution in [0.5, 0.6) is 0 Å². The zero-order chi connectivity index (χ0) is 11.0. The molecule has 0 saturated carbocycles. The van der Waals surface area contributed by atoms with Crippen molar-refractivity contribution in [2.45, 2.75) is 17.7 Å². The molecule has 0 aliphatic carbocycles. The fourth-order valence-electron chi connectivity index (χ4n) is 1.89. The lowest BCUT2D eigenvalue weighted by molar-refractivity contribution is 0.584. The monoisotopic (exact) mass is 282 g/mol.